The van der Waals surface area contributed by atoms with Crippen molar-refractivity contribution in [1.29, 1.82) is 0 Å². The van der Waals surface area contributed by atoms with Gasteiger partial charge in [-0.3, -0.25) is 29.3 Å². The van der Waals surface area contributed by atoms with Gasteiger partial charge in [0, 0.05) is 25.2 Å². The largest absolute Gasteiger partial charge is 0.416 e. The van der Waals surface area contributed by atoms with Crippen LogP contribution in [0.3, 0.4) is 0 Å². The van der Waals surface area contributed by atoms with Crippen molar-refractivity contribution < 1.29 is 45.3 Å². The minimum absolute atomic E-state index is 0.265. The molecule has 0 bridgehead atoms. The molecule has 184 valence electrons. The highest BCUT2D eigenvalue weighted by atomic mass is 32.3. The highest BCUT2D eigenvalue weighted by Crippen LogP contribution is 2.43. The fourth-order valence-corrected chi connectivity index (χ4v) is 2.25. The molecule has 1 rings (SSSR count). The van der Waals surface area contributed by atoms with Crippen LogP contribution in [-0.4, -0.2) is 46.5 Å². The molecule has 0 saturated heterocycles. The number of primary amides is 2. The molecule has 0 atom stereocenters. The second-order valence-corrected chi connectivity index (χ2v) is 6.61. The van der Waals surface area contributed by atoms with Crippen LogP contribution in [0.2, 0.25) is 0 Å². The number of carbonyl (C=O) groups excluding carboxylic acids is 1. The predicted octanol–water partition coefficient (Wildman–Crippen LogP) is 2.52. The maximum atomic E-state index is 12.8. The summed E-state index contributed by atoms with van der Waals surface area (Å²) in [5.41, 5.74) is 4.89. The minimum Gasteiger partial charge on any atom is -0.360 e. The SMILES string of the molecule is CCCN(CCC)c1c([N+](=O)[O-])cc(C(F)(F)F)cc1[N+](=O)[O-].NC(N)=O.O=S(=O)(O)O. The Kier molecular flexibility index (Phi) is 12.8. The molecule has 18 heteroatoms. The number of nitro groups is 2. The zero-order chi connectivity index (χ0) is 25.9. The zero-order valence-corrected chi connectivity index (χ0v) is 17.6. The zero-order valence-electron chi connectivity index (χ0n) is 16.8. The average Bonchev–Trinajstić information content (AvgIpc) is 2.57. The molecule has 32 heavy (non-hydrogen) atoms. The van der Waals surface area contributed by atoms with Crippen molar-refractivity contribution in [2.45, 2.75) is 32.9 Å². The predicted molar refractivity (Wildman–Crippen MR) is 105 cm³/mol. The molecule has 0 saturated carbocycles. The third kappa shape index (κ3) is 13.1. The number of nitrogens with zero attached hydrogens (tertiary/aromatic N) is 3. The van der Waals surface area contributed by atoms with Gasteiger partial charge in [-0.15, -0.1) is 0 Å². The number of rotatable bonds is 7. The van der Waals surface area contributed by atoms with Gasteiger partial charge >= 0.3 is 22.6 Å². The van der Waals surface area contributed by atoms with E-state index >= 15 is 0 Å². The lowest BCUT2D eigenvalue weighted by Gasteiger charge is -2.23. The molecule has 0 aliphatic carbocycles. The monoisotopic (exact) mass is 493 g/mol. The van der Waals surface area contributed by atoms with Crippen LogP contribution in [0.1, 0.15) is 32.3 Å². The Morgan fingerprint density at radius 3 is 1.50 bits per heavy atom. The van der Waals surface area contributed by atoms with E-state index in [4.69, 9.17) is 22.3 Å². The number of hydrogen-bond acceptors (Lipinski definition) is 8. The van der Waals surface area contributed by atoms with Crippen LogP contribution in [0.25, 0.3) is 0 Å². The fourth-order valence-electron chi connectivity index (χ4n) is 2.25. The Bertz CT molecular complexity index is 857. The van der Waals surface area contributed by atoms with Crippen molar-refractivity contribution in [2.24, 2.45) is 11.5 Å². The van der Waals surface area contributed by atoms with E-state index in [1.165, 1.54) is 4.90 Å². The number of benzene rings is 1. The molecule has 0 aliphatic heterocycles. The molecule has 0 aromatic heterocycles. The lowest BCUT2D eigenvalue weighted by atomic mass is 10.1. The molecular weight excluding hydrogens is 471 g/mol. The number of nitro benzene ring substituents is 2. The summed E-state index contributed by atoms with van der Waals surface area (Å²) in [6, 6.07) is -0.138. The second-order valence-electron chi connectivity index (χ2n) is 5.71. The van der Waals surface area contributed by atoms with Gasteiger partial charge in [-0.2, -0.15) is 21.6 Å². The van der Waals surface area contributed by atoms with Gasteiger partial charge in [0.15, 0.2) is 5.69 Å². The van der Waals surface area contributed by atoms with Crippen LogP contribution in [0.4, 0.5) is 35.0 Å². The van der Waals surface area contributed by atoms with E-state index in [0.717, 1.165) is 0 Å². The van der Waals surface area contributed by atoms with Crippen LogP contribution in [0, 0.1) is 20.2 Å². The van der Waals surface area contributed by atoms with E-state index in [0.29, 0.717) is 25.0 Å². The first-order valence-electron chi connectivity index (χ1n) is 8.40. The number of amides is 2. The van der Waals surface area contributed by atoms with Crippen LogP contribution < -0.4 is 16.4 Å². The molecule has 1 aromatic rings. The lowest BCUT2D eigenvalue weighted by Crippen LogP contribution is -2.27. The fraction of sp³-hybridized carbons (Fsp3) is 0.500. The Morgan fingerprint density at radius 1 is 1.03 bits per heavy atom. The molecule has 0 heterocycles. The number of carbonyl (C=O) groups is 1. The van der Waals surface area contributed by atoms with Gasteiger partial charge in [0.05, 0.1) is 15.4 Å². The van der Waals surface area contributed by atoms with E-state index < -0.39 is 49.4 Å². The summed E-state index contributed by atoms with van der Waals surface area (Å²) in [6.07, 6.45) is -3.83. The van der Waals surface area contributed by atoms with Crippen molar-refractivity contribution in [3.63, 3.8) is 0 Å². The van der Waals surface area contributed by atoms with E-state index in [9.17, 15) is 33.4 Å². The summed E-state index contributed by atoms with van der Waals surface area (Å²) in [5.74, 6) is 0. The molecule has 1 aromatic carbocycles. The summed E-state index contributed by atoms with van der Waals surface area (Å²) in [5, 5.41) is 22.4. The first-order chi connectivity index (χ1) is 14.4. The van der Waals surface area contributed by atoms with E-state index in [1.807, 2.05) is 0 Å². The van der Waals surface area contributed by atoms with Crippen LogP contribution >= 0.6 is 0 Å². The average molecular weight is 493 g/mol. The maximum absolute atomic E-state index is 12.8. The lowest BCUT2D eigenvalue weighted by molar-refractivity contribution is -0.393. The van der Waals surface area contributed by atoms with Gasteiger partial charge in [-0.25, -0.2) is 4.79 Å². The standard InChI is InChI=1S/C13H16F3N3O4.CH4N2O.H2O4S/c1-3-5-17(6-4-2)12-10(18(20)21)7-9(13(14,15)16)8-11(12)19(22)23;2-1(3)4;1-5(2,3)4/h7-8H,3-6H2,1-2H3;(H4,2,3,4);(H2,1,2,3,4). The molecule has 6 N–H and O–H groups in total. The molecule has 0 unspecified atom stereocenters. The van der Waals surface area contributed by atoms with Gasteiger partial charge in [0.2, 0.25) is 0 Å². The number of urea groups is 1. The molecule has 2 amide bonds. The second kappa shape index (κ2) is 13.2. The first kappa shape index (κ1) is 30.9. The van der Waals surface area contributed by atoms with Crippen molar-refractivity contribution in [2.75, 3.05) is 18.0 Å². The normalized spacial score (nSPS) is 10.7. The number of anilines is 1. The van der Waals surface area contributed by atoms with Crippen molar-refractivity contribution >= 4 is 33.5 Å². The summed E-state index contributed by atoms with van der Waals surface area (Å²) in [7, 11) is -4.67. The van der Waals surface area contributed by atoms with Gasteiger partial charge < -0.3 is 16.4 Å². The third-order valence-corrected chi connectivity index (χ3v) is 3.09. The Balaban J connectivity index is 0. The maximum Gasteiger partial charge on any atom is 0.416 e. The highest BCUT2D eigenvalue weighted by Gasteiger charge is 2.38. The molecular formula is C14H22F3N5O9S. The quantitative estimate of drug-likeness (QED) is 0.246. The van der Waals surface area contributed by atoms with Gasteiger partial charge in [-0.05, 0) is 12.8 Å². The van der Waals surface area contributed by atoms with Crippen molar-refractivity contribution in [1.82, 2.24) is 0 Å². The molecule has 0 fully saturated rings. The Morgan fingerprint density at radius 2 is 1.31 bits per heavy atom. The minimum atomic E-state index is -4.91. The summed E-state index contributed by atoms with van der Waals surface area (Å²) in [6.45, 7) is 4.07. The van der Waals surface area contributed by atoms with Crippen LogP contribution in [-0.2, 0) is 16.6 Å². The first-order valence-corrected chi connectivity index (χ1v) is 9.80. The number of hydrogen-bond donors (Lipinski definition) is 4. The molecule has 0 radical (unpaired) electrons. The summed E-state index contributed by atoms with van der Waals surface area (Å²) in [4.78, 5) is 30.7. The smallest absolute Gasteiger partial charge is 0.360 e. The van der Waals surface area contributed by atoms with Gasteiger partial charge in [0.25, 0.3) is 11.4 Å². The van der Waals surface area contributed by atoms with Crippen molar-refractivity contribution in [3.8, 4) is 0 Å². The van der Waals surface area contributed by atoms with E-state index in [2.05, 4.69) is 11.5 Å². The number of halogens is 3. The molecule has 0 aliphatic rings. The highest BCUT2D eigenvalue weighted by molar-refractivity contribution is 7.79. The number of nitrogens with two attached hydrogens (primary N) is 2. The van der Waals surface area contributed by atoms with E-state index in [1.54, 1.807) is 13.8 Å². The van der Waals surface area contributed by atoms with Crippen LogP contribution in [0.15, 0.2) is 12.1 Å². The Labute approximate surface area is 179 Å². The van der Waals surface area contributed by atoms with E-state index in [-0.39, 0.29) is 18.8 Å². The topological polar surface area (TPSA) is 233 Å². The summed E-state index contributed by atoms with van der Waals surface area (Å²) < 4.78 is 70.1. The molecule has 14 nitrogen and oxygen atoms in total. The van der Waals surface area contributed by atoms with Gasteiger partial charge in [0.1, 0.15) is 0 Å². The molecule has 0 spiro atoms. The summed E-state index contributed by atoms with van der Waals surface area (Å²) >= 11 is 0. The third-order valence-electron chi connectivity index (χ3n) is 3.09. The van der Waals surface area contributed by atoms with Crippen molar-refractivity contribution in [3.05, 3.63) is 37.9 Å². The van der Waals surface area contributed by atoms with Crippen LogP contribution in [0.5, 0.6) is 0 Å². The van der Waals surface area contributed by atoms with Gasteiger partial charge in [-0.1, -0.05) is 13.8 Å². The Hall–Kier alpha value is -3.25. The number of alkyl halides is 3.